The van der Waals surface area contributed by atoms with E-state index >= 15 is 0 Å². The van der Waals surface area contributed by atoms with Crippen molar-refractivity contribution in [2.75, 3.05) is 6.54 Å². The van der Waals surface area contributed by atoms with Gasteiger partial charge in [-0.3, -0.25) is 0 Å². The van der Waals surface area contributed by atoms with Crippen LogP contribution in [0.2, 0.25) is 0 Å². The molecule has 0 spiro atoms. The molecule has 2 rings (SSSR count). The second-order valence-corrected chi connectivity index (χ2v) is 4.54. The van der Waals surface area contributed by atoms with E-state index in [1.54, 1.807) is 11.3 Å². The minimum absolute atomic E-state index is 0.406. The van der Waals surface area contributed by atoms with Crippen LogP contribution in [-0.2, 0) is 0 Å². The molecule has 0 saturated carbocycles. The summed E-state index contributed by atoms with van der Waals surface area (Å²) >= 11 is 1.70. The standard InChI is InChI=1S/C9H13NOS/c1-6-5-8(11)9(12-6)7-3-2-4-10-7/h5,7,10-11H,2-4H2,1H3. The van der Waals surface area contributed by atoms with Crippen molar-refractivity contribution in [1.29, 1.82) is 0 Å². The number of rotatable bonds is 1. The Labute approximate surface area is 76.2 Å². The van der Waals surface area contributed by atoms with Gasteiger partial charge in [-0.05, 0) is 32.4 Å². The highest BCUT2D eigenvalue weighted by atomic mass is 32.1. The Bertz CT molecular complexity index is 276. The molecule has 0 aromatic carbocycles. The van der Waals surface area contributed by atoms with Gasteiger partial charge in [0, 0.05) is 10.9 Å². The third kappa shape index (κ3) is 1.34. The summed E-state index contributed by atoms with van der Waals surface area (Å²) in [5, 5.41) is 12.9. The fourth-order valence-corrected chi connectivity index (χ4v) is 2.70. The van der Waals surface area contributed by atoms with Gasteiger partial charge >= 0.3 is 0 Å². The molecule has 2 N–H and O–H groups in total. The summed E-state index contributed by atoms with van der Waals surface area (Å²) in [4.78, 5) is 2.31. The van der Waals surface area contributed by atoms with Crippen LogP contribution in [-0.4, -0.2) is 11.7 Å². The van der Waals surface area contributed by atoms with Gasteiger partial charge in [0.05, 0.1) is 4.88 Å². The monoisotopic (exact) mass is 183 g/mol. The Kier molecular flexibility index (Phi) is 2.07. The second kappa shape index (κ2) is 3.07. The summed E-state index contributed by atoms with van der Waals surface area (Å²) in [6, 6.07) is 2.25. The quantitative estimate of drug-likeness (QED) is 0.699. The molecule has 2 heterocycles. The Hall–Kier alpha value is -0.540. The molecule has 12 heavy (non-hydrogen) atoms. The number of thiophene rings is 1. The van der Waals surface area contributed by atoms with E-state index in [0.29, 0.717) is 11.8 Å². The fraction of sp³-hybridized carbons (Fsp3) is 0.556. The lowest BCUT2D eigenvalue weighted by atomic mass is 10.2. The Morgan fingerprint density at radius 3 is 3.00 bits per heavy atom. The number of aromatic hydroxyl groups is 1. The van der Waals surface area contributed by atoms with Crippen molar-refractivity contribution in [2.45, 2.75) is 25.8 Å². The van der Waals surface area contributed by atoms with Crippen LogP contribution in [0.3, 0.4) is 0 Å². The average molecular weight is 183 g/mol. The first-order valence-corrected chi connectivity index (χ1v) is 5.11. The predicted molar refractivity (Wildman–Crippen MR) is 50.7 cm³/mol. The molecule has 1 aliphatic rings. The van der Waals surface area contributed by atoms with Crippen LogP contribution in [0.1, 0.15) is 28.6 Å². The Balaban J connectivity index is 2.25. The van der Waals surface area contributed by atoms with Gasteiger partial charge in [0.25, 0.3) is 0 Å². The summed E-state index contributed by atoms with van der Waals surface area (Å²) in [5.41, 5.74) is 0. The maximum absolute atomic E-state index is 9.56. The molecule has 2 nitrogen and oxygen atoms in total. The minimum atomic E-state index is 0.406. The van der Waals surface area contributed by atoms with E-state index in [-0.39, 0.29) is 0 Å². The normalized spacial score (nSPS) is 23.2. The Morgan fingerprint density at radius 2 is 2.50 bits per heavy atom. The molecular formula is C9H13NOS. The highest BCUT2D eigenvalue weighted by molar-refractivity contribution is 7.12. The lowest BCUT2D eigenvalue weighted by molar-refractivity contribution is 0.462. The topological polar surface area (TPSA) is 32.3 Å². The van der Waals surface area contributed by atoms with Gasteiger partial charge in [0.2, 0.25) is 0 Å². The molecule has 0 bridgehead atoms. The summed E-state index contributed by atoms with van der Waals surface area (Å²) in [5.74, 6) is 0.469. The number of hydrogen-bond donors (Lipinski definition) is 2. The van der Waals surface area contributed by atoms with E-state index in [1.807, 2.05) is 13.0 Å². The van der Waals surface area contributed by atoms with E-state index in [1.165, 1.54) is 11.3 Å². The van der Waals surface area contributed by atoms with E-state index < -0.39 is 0 Å². The fourth-order valence-electron chi connectivity index (χ4n) is 1.68. The predicted octanol–water partition coefficient (Wildman–Crippen LogP) is 2.19. The minimum Gasteiger partial charge on any atom is -0.507 e. The first-order valence-electron chi connectivity index (χ1n) is 4.30. The van der Waals surface area contributed by atoms with Crippen molar-refractivity contribution in [3.8, 4) is 5.75 Å². The van der Waals surface area contributed by atoms with Crippen LogP contribution in [0, 0.1) is 6.92 Å². The number of hydrogen-bond acceptors (Lipinski definition) is 3. The van der Waals surface area contributed by atoms with Gasteiger partial charge in [-0.25, -0.2) is 0 Å². The zero-order valence-corrected chi connectivity index (χ0v) is 7.95. The first kappa shape index (κ1) is 8.08. The third-order valence-corrected chi connectivity index (χ3v) is 3.39. The highest BCUT2D eigenvalue weighted by Crippen LogP contribution is 2.36. The summed E-state index contributed by atoms with van der Waals surface area (Å²) in [6.45, 7) is 3.11. The van der Waals surface area contributed by atoms with Gasteiger partial charge in [-0.15, -0.1) is 11.3 Å². The maximum atomic E-state index is 9.56. The van der Waals surface area contributed by atoms with Gasteiger partial charge in [-0.1, -0.05) is 0 Å². The zero-order valence-electron chi connectivity index (χ0n) is 7.13. The zero-order chi connectivity index (χ0) is 8.55. The van der Waals surface area contributed by atoms with Crippen molar-refractivity contribution in [2.24, 2.45) is 0 Å². The number of aryl methyl sites for hydroxylation is 1. The van der Waals surface area contributed by atoms with E-state index in [2.05, 4.69) is 5.32 Å². The van der Waals surface area contributed by atoms with Crippen molar-refractivity contribution in [1.82, 2.24) is 5.32 Å². The number of nitrogens with one attached hydrogen (secondary N) is 1. The average Bonchev–Trinajstić information content (AvgIpc) is 2.58. The molecule has 1 atom stereocenters. The molecule has 0 aliphatic carbocycles. The molecular weight excluding hydrogens is 170 g/mol. The van der Waals surface area contributed by atoms with Crippen molar-refractivity contribution < 1.29 is 5.11 Å². The summed E-state index contributed by atoms with van der Waals surface area (Å²) in [7, 11) is 0. The van der Waals surface area contributed by atoms with Crippen LogP contribution in [0.5, 0.6) is 5.75 Å². The van der Waals surface area contributed by atoms with Crippen molar-refractivity contribution in [3.05, 3.63) is 15.8 Å². The van der Waals surface area contributed by atoms with E-state index in [4.69, 9.17) is 0 Å². The lowest BCUT2D eigenvalue weighted by Gasteiger charge is -2.06. The van der Waals surface area contributed by atoms with Crippen LogP contribution < -0.4 is 5.32 Å². The molecule has 0 radical (unpaired) electrons. The van der Waals surface area contributed by atoms with Crippen LogP contribution in [0.25, 0.3) is 0 Å². The smallest absolute Gasteiger partial charge is 0.131 e. The molecule has 1 aromatic heterocycles. The first-order chi connectivity index (χ1) is 5.77. The molecule has 1 unspecified atom stereocenters. The van der Waals surface area contributed by atoms with Gasteiger partial charge in [0.15, 0.2) is 0 Å². The molecule has 1 saturated heterocycles. The molecule has 1 aliphatic heterocycles. The molecule has 66 valence electrons. The highest BCUT2D eigenvalue weighted by Gasteiger charge is 2.20. The van der Waals surface area contributed by atoms with Gasteiger partial charge < -0.3 is 10.4 Å². The molecule has 1 aromatic rings. The van der Waals surface area contributed by atoms with Crippen molar-refractivity contribution >= 4 is 11.3 Å². The molecule has 1 fully saturated rings. The lowest BCUT2D eigenvalue weighted by Crippen LogP contribution is -2.11. The second-order valence-electron chi connectivity index (χ2n) is 3.26. The van der Waals surface area contributed by atoms with E-state index in [9.17, 15) is 5.11 Å². The molecule has 3 heteroatoms. The van der Waals surface area contributed by atoms with Crippen LogP contribution in [0.15, 0.2) is 6.07 Å². The van der Waals surface area contributed by atoms with Gasteiger partial charge in [-0.2, -0.15) is 0 Å². The Morgan fingerprint density at radius 1 is 1.67 bits per heavy atom. The maximum Gasteiger partial charge on any atom is 0.131 e. The summed E-state index contributed by atoms with van der Waals surface area (Å²) < 4.78 is 0. The molecule has 0 amide bonds. The van der Waals surface area contributed by atoms with E-state index in [0.717, 1.165) is 17.8 Å². The van der Waals surface area contributed by atoms with Crippen molar-refractivity contribution in [3.63, 3.8) is 0 Å². The largest absolute Gasteiger partial charge is 0.507 e. The summed E-state index contributed by atoms with van der Waals surface area (Å²) in [6.07, 6.45) is 2.38. The van der Waals surface area contributed by atoms with Crippen LogP contribution >= 0.6 is 11.3 Å². The SMILES string of the molecule is Cc1cc(O)c(C2CCCN2)s1. The van der Waals surface area contributed by atoms with Gasteiger partial charge in [0.1, 0.15) is 5.75 Å². The third-order valence-electron chi connectivity index (χ3n) is 2.24. The van der Waals surface area contributed by atoms with Crippen LogP contribution in [0.4, 0.5) is 0 Å².